The Morgan fingerprint density at radius 2 is 1.82 bits per heavy atom. The van der Waals surface area contributed by atoms with Gasteiger partial charge in [-0.3, -0.25) is 4.79 Å². The third kappa shape index (κ3) is 5.53. The van der Waals surface area contributed by atoms with Gasteiger partial charge in [0.1, 0.15) is 0 Å². The van der Waals surface area contributed by atoms with Gasteiger partial charge in [-0.2, -0.15) is 0 Å². The summed E-state index contributed by atoms with van der Waals surface area (Å²) in [6.07, 6.45) is 5.29. The van der Waals surface area contributed by atoms with Crippen molar-refractivity contribution in [3.63, 3.8) is 0 Å². The van der Waals surface area contributed by atoms with E-state index in [2.05, 4.69) is 0 Å². The zero-order chi connectivity index (χ0) is 19.4. The van der Waals surface area contributed by atoms with E-state index < -0.39 is 5.97 Å². The summed E-state index contributed by atoms with van der Waals surface area (Å²) < 4.78 is 1.81. The molecule has 0 fully saturated rings. The summed E-state index contributed by atoms with van der Waals surface area (Å²) in [4.78, 5) is 23.9. The van der Waals surface area contributed by atoms with Crippen LogP contribution in [0.5, 0.6) is 0 Å². The second-order valence-corrected chi connectivity index (χ2v) is 6.60. The molecule has 0 spiro atoms. The van der Waals surface area contributed by atoms with Crippen LogP contribution < -0.4 is 56.5 Å². The zero-order valence-corrected chi connectivity index (χ0v) is 19.6. The number of benzene rings is 2. The fourth-order valence-corrected chi connectivity index (χ4v) is 2.95. The van der Waals surface area contributed by atoms with Gasteiger partial charge in [0.25, 0.3) is 0 Å². The van der Waals surface area contributed by atoms with E-state index in [9.17, 15) is 14.7 Å². The van der Waals surface area contributed by atoms with Gasteiger partial charge in [-0.15, -0.1) is 0 Å². The molecule has 3 aromatic rings. The first kappa shape index (κ1) is 22.8. The van der Waals surface area contributed by atoms with Crippen molar-refractivity contribution in [2.75, 3.05) is 0 Å². The monoisotopic (exact) mass is 417 g/mol. The molecule has 0 aliphatic heterocycles. The molecule has 0 N–H and O–H groups in total. The van der Waals surface area contributed by atoms with Crippen LogP contribution in [0.3, 0.4) is 0 Å². The SMILES string of the molecule is Cc1ccc(C(=O)c2cccn2C/C=C/c2ccc(Cl)cc2C(=O)[O-])cc1.[K+]. The molecule has 6 heteroatoms. The van der Waals surface area contributed by atoms with Crippen LogP contribution >= 0.6 is 11.6 Å². The molecule has 0 unspecified atom stereocenters. The first-order chi connectivity index (χ1) is 13.0. The van der Waals surface area contributed by atoms with E-state index in [0.717, 1.165) is 5.56 Å². The van der Waals surface area contributed by atoms with Crippen LogP contribution in [0.15, 0.2) is 66.9 Å². The fraction of sp³-hybridized carbons (Fsp3) is 0.0909. The summed E-state index contributed by atoms with van der Waals surface area (Å²) in [5.74, 6) is -1.34. The third-order valence-corrected chi connectivity index (χ3v) is 4.45. The molecule has 0 saturated carbocycles. The Balaban J connectivity index is 0.00000280. The minimum absolute atomic E-state index is 0. The summed E-state index contributed by atoms with van der Waals surface area (Å²) in [7, 11) is 0. The van der Waals surface area contributed by atoms with Gasteiger partial charge in [-0.05, 0) is 36.8 Å². The maximum atomic E-state index is 12.7. The molecule has 0 amide bonds. The van der Waals surface area contributed by atoms with Crippen molar-refractivity contribution in [1.82, 2.24) is 4.57 Å². The van der Waals surface area contributed by atoms with Gasteiger partial charge in [0.05, 0.1) is 11.7 Å². The molecule has 4 nitrogen and oxygen atoms in total. The van der Waals surface area contributed by atoms with E-state index in [1.807, 2.05) is 48.0 Å². The van der Waals surface area contributed by atoms with Gasteiger partial charge < -0.3 is 14.5 Å². The Hall–Kier alpha value is -1.47. The smallest absolute Gasteiger partial charge is 0.545 e. The summed E-state index contributed by atoms with van der Waals surface area (Å²) >= 11 is 5.84. The van der Waals surface area contributed by atoms with Crippen molar-refractivity contribution in [2.45, 2.75) is 13.5 Å². The Morgan fingerprint density at radius 3 is 2.50 bits per heavy atom. The Kier molecular flexibility index (Phi) is 8.43. The van der Waals surface area contributed by atoms with Gasteiger partial charge >= 0.3 is 51.4 Å². The minimum Gasteiger partial charge on any atom is -0.545 e. The molecule has 1 aromatic heterocycles. The molecular formula is C22H17ClKNO3. The number of carboxylic acid groups (broad SMARTS) is 1. The first-order valence-electron chi connectivity index (χ1n) is 8.39. The summed E-state index contributed by atoms with van der Waals surface area (Å²) in [6, 6.07) is 15.6. The second-order valence-electron chi connectivity index (χ2n) is 6.16. The van der Waals surface area contributed by atoms with Crippen molar-refractivity contribution in [2.24, 2.45) is 0 Å². The molecule has 0 aliphatic carbocycles. The largest absolute Gasteiger partial charge is 1.00 e. The van der Waals surface area contributed by atoms with Gasteiger partial charge in [0, 0.05) is 28.9 Å². The number of halogens is 1. The number of nitrogens with zero attached hydrogens (tertiary/aromatic N) is 1. The number of allylic oxidation sites excluding steroid dienone is 1. The van der Waals surface area contributed by atoms with Gasteiger partial charge in [0.2, 0.25) is 5.78 Å². The molecule has 0 aliphatic rings. The first-order valence-corrected chi connectivity index (χ1v) is 8.77. The van der Waals surface area contributed by atoms with Crippen LogP contribution in [-0.4, -0.2) is 16.3 Å². The Morgan fingerprint density at radius 1 is 1.11 bits per heavy atom. The van der Waals surface area contributed by atoms with Crippen LogP contribution in [0.25, 0.3) is 6.08 Å². The third-order valence-electron chi connectivity index (χ3n) is 4.21. The van der Waals surface area contributed by atoms with Gasteiger partial charge in [-0.25, -0.2) is 0 Å². The number of hydrogen-bond acceptors (Lipinski definition) is 3. The van der Waals surface area contributed by atoms with Crippen molar-refractivity contribution in [3.8, 4) is 0 Å². The van der Waals surface area contributed by atoms with Crippen LogP contribution in [0.4, 0.5) is 0 Å². The molecule has 0 radical (unpaired) electrons. The number of hydrogen-bond donors (Lipinski definition) is 0. The van der Waals surface area contributed by atoms with E-state index >= 15 is 0 Å². The van der Waals surface area contributed by atoms with E-state index in [0.29, 0.717) is 28.4 Å². The Bertz CT molecular complexity index is 1020. The number of carbonyl (C=O) groups is 2. The van der Waals surface area contributed by atoms with Gasteiger partial charge in [-0.1, -0.05) is 59.6 Å². The normalized spacial score (nSPS) is 10.6. The maximum absolute atomic E-state index is 12.7. The second kappa shape index (κ2) is 10.3. The number of carboxylic acids is 1. The standard InChI is InChI=1S/C22H18ClNO3.K/c1-15-6-8-17(9-7-15)21(25)20-5-3-13-24(20)12-2-4-16-10-11-18(23)14-19(16)22(26)27;/h2-11,13-14H,12H2,1H3,(H,26,27);/q;+1/p-1/b4-2+;. The number of aromatic nitrogens is 1. The molecule has 0 bridgehead atoms. The van der Waals surface area contributed by atoms with Crippen LogP contribution in [-0.2, 0) is 6.54 Å². The van der Waals surface area contributed by atoms with E-state index in [-0.39, 0.29) is 62.7 Å². The van der Waals surface area contributed by atoms with Gasteiger partial charge in [0.15, 0.2) is 0 Å². The molecule has 28 heavy (non-hydrogen) atoms. The molecule has 0 atom stereocenters. The fourth-order valence-electron chi connectivity index (χ4n) is 2.78. The minimum atomic E-state index is -1.28. The summed E-state index contributed by atoms with van der Waals surface area (Å²) in [6.45, 7) is 2.40. The van der Waals surface area contributed by atoms with E-state index in [4.69, 9.17) is 11.6 Å². The molecule has 2 aromatic carbocycles. The average molecular weight is 418 g/mol. The summed E-state index contributed by atoms with van der Waals surface area (Å²) in [5.41, 5.74) is 2.82. The molecule has 0 saturated heterocycles. The van der Waals surface area contributed by atoms with Crippen molar-refractivity contribution >= 4 is 29.4 Å². The van der Waals surface area contributed by atoms with Crippen LogP contribution in [0.2, 0.25) is 5.02 Å². The van der Waals surface area contributed by atoms with Crippen LogP contribution in [0, 0.1) is 6.92 Å². The number of aromatic carboxylic acids is 1. The predicted octanol–water partition coefficient (Wildman–Crippen LogP) is 0.762. The topological polar surface area (TPSA) is 62.1 Å². The van der Waals surface area contributed by atoms with Crippen LogP contribution in [0.1, 0.15) is 37.5 Å². The average Bonchev–Trinajstić information content (AvgIpc) is 3.11. The van der Waals surface area contributed by atoms with Crippen molar-refractivity contribution < 1.29 is 66.1 Å². The predicted molar refractivity (Wildman–Crippen MR) is 104 cm³/mol. The molecule has 3 rings (SSSR count). The number of carbonyl (C=O) groups excluding carboxylic acids is 2. The number of rotatable bonds is 6. The number of ketones is 1. The Labute approximate surface area is 211 Å². The molecule has 136 valence electrons. The molecule has 1 heterocycles. The maximum Gasteiger partial charge on any atom is 1.00 e. The number of aryl methyl sites for hydroxylation is 1. The van der Waals surface area contributed by atoms with Crippen molar-refractivity contribution in [3.05, 3.63) is 99.8 Å². The van der Waals surface area contributed by atoms with Crippen molar-refractivity contribution in [1.29, 1.82) is 0 Å². The summed E-state index contributed by atoms with van der Waals surface area (Å²) in [5, 5.41) is 11.6. The van der Waals surface area contributed by atoms with E-state index in [1.54, 1.807) is 30.4 Å². The quantitative estimate of drug-likeness (QED) is 0.439. The zero-order valence-electron chi connectivity index (χ0n) is 15.7. The van der Waals surface area contributed by atoms with E-state index in [1.165, 1.54) is 6.07 Å². The molecular weight excluding hydrogens is 401 g/mol.